The molecular formula is C13H15N3O3. The molecule has 3 N–H and O–H groups in total. The number of nitrogens with two attached hydrogens (primary N) is 1. The number of aromatic nitrogens is 2. The summed E-state index contributed by atoms with van der Waals surface area (Å²) in [6, 6.07) is 7.06. The van der Waals surface area contributed by atoms with Crippen LogP contribution in [0, 0.1) is 0 Å². The van der Waals surface area contributed by atoms with Crippen molar-refractivity contribution in [2.24, 2.45) is 5.73 Å². The molecule has 0 aliphatic carbocycles. The van der Waals surface area contributed by atoms with Gasteiger partial charge in [-0.3, -0.25) is 0 Å². The Balaban J connectivity index is 2.26. The summed E-state index contributed by atoms with van der Waals surface area (Å²) in [5.41, 5.74) is 6.94. The van der Waals surface area contributed by atoms with Gasteiger partial charge in [0.2, 0.25) is 0 Å². The van der Waals surface area contributed by atoms with Gasteiger partial charge in [-0.05, 0) is 23.8 Å². The molecule has 0 bridgehead atoms. The molecule has 2 rings (SSSR count). The van der Waals surface area contributed by atoms with Crippen molar-refractivity contribution < 1.29 is 14.6 Å². The van der Waals surface area contributed by atoms with Crippen molar-refractivity contribution in [3.8, 4) is 17.5 Å². The first-order valence-corrected chi connectivity index (χ1v) is 5.74. The predicted molar refractivity (Wildman–Crippen MR) is 68.9 cm³/mol. The van der Waals surface area contributed by atoms with Crippen LogP contribution in [0.2, 0.25) is 0 Å². The molecule has 0 unspecified atom stereocenters. The lowest BCUT2D eigenvalue weighted by molar-refractivity contribution is 0.280. The first-order valence-electron chi connectivity index (χ1n) is 5.74. The topological polar surface area (TPSA) is 90.5 Å². The minimum Gasteiger partial charge on any atom is -0.493 e. The Bertz CT molecular complexity index is 561. The van der Waals surface area contributed by atoms with Crippen LogP contribution >= 0.6 is 0 Å². The van der Waals surface area contributed by atoms with Crippen LogP contribution < -0.4 is 15.2 Å². The Morgan fingerprint density at radius 2 is 2.11 bits per heavy atom. The third-order valence-corrected chi connectivity index (χ3v) is 2.51. The number of ether oxygens (including phenoxy) is 2. The second-order valence-corrected chi connectivity index (χ2v) is 3.78. The second kappa shape index (κ2) is 6.12. The van der Waals surface area contributed by atoms with Crippen LogP contribution in [0.25, 0.3) is 0 Å². The van der Waals surface area contributed by atoms with Gasteiger partial charge in [0.15, 0.2) is 11.5 Å². The van der Waals surface area contributed by atoms with Crippen LogP contribution in [0.3, 0.4) is 0 Å². The van der Waals surface area contributed by atoms with Crippen molar-refractivity contribution in [1.29, 1.82) is 0 Å². The Kier molecular flexibility index (Phi) is 4.27. The van der Waals surface area contributed by atoms with Gasteiger partial charge in [-0.25, -0.2) is 4.98 Å². The SMILES string of the molecule is COc1cc(CO)ccc1Oc1nccc(CN)n1. The highest BCUT2D eigenvalue weighted by Gasteiger charge is 2.08. The quantitative estimate of drug-likeness (QED) is 0.841. The van der Waals surface area contributed by atoms with Crippen LogP contribution in [0.15, 0.2) is 30.5 Å². The first kappa shape index (κ1) is 13.3. The van der Waals surface area contributed by atoms with Crippen molar-refractivity contribution in [2.45, 2.75) is 13.2 Å². The van der Waals surface area contributed by atoms with Crippen molar-refractivity contribution in [1.82, 2.24) is 9.97 Å². The summed E-state index contributed by atoms with van der Waals surface area (Å²) in [4.78, 5) is 8.15. The zero-order chi connectivity index (χ0) is 13.7. The van der Waals surface area contributed by atoms with Gasteiger partial charge in [0.25, 0.3) is 0 Å². The summed E-state index contributed by atoms with van der Waals surface area (Å²) in [7, 11) is 1.53. The Morgan fingerprint density at radius 3 is 2.79 bits per heavy atom. The number of hydrogen-bond acceptors (Lipinski definition) is 6. The van der Waals surface area contributed by atoms with Crippen LogP contribution in [0.5, 0.6) is 17.5 Å². The zero-order valence-corrected chi connectivity index (χ0v) is 10.5. The predicted octanol–water partition coefficient (Wildman–Crippen LogP) is 1.23. The van der Waals surface area contributed by atoms with Crippen LogP contribution in [0.1, 0.15) is 11.3 Å². The molecule has 0 radical (unpaired) electrons. The minimum absolute atomic E-state index is 0.0597. The Morgan fingerprint density at radius 1 is 1.26 bits per heavy atom. The molecule has 6 nitrogen and oxygen atoms in total. The third-order valence-electron chi connectivity index (χ3n) is 2.51. The fourth-order valence-corrected chi connectivity index (χ4v) is 1.53. The number of aliphatic hydroxyl groups excluding tert-OH is 1. The number of aliphatic hydroxyl groups is 1. The lowest BCUT2D eigenvalue weighted by Crippen LogP contribution is -2.02. The van der Waals surface area contributed by atoms with E-state index in [0.717, 1.165) is 5.56 Å². The number of hydrogen-bond donors (Lipinski definition) is 2. The molecule has 0 amide bonds. The van der Waals surface area contributed by atoms with E-state index in [1.807, 2.05) is 0 Å². The van der Waals surface area contributed by atoms with Crippen molar-refractivity contribution in [2.75, 3.05) is 7.11 Å². The molecule has 100 valence electrons. The average Bonchev–Trinajstić information content (AvgIpc) is 2.48. The Hall–Kier alpha value is -2.18. The fraction of sp³-hybridized carbons (Fsp3) is 0.231. The molecule has 19 heavy (non-hydrogen) atoms. The molecule has 0 atom stereocenters. The molecule has 1 aromatic heterocycles. The van der Waals surface area contributed by atoms with Crippen LogP contribution in [-0.4, -0.2) is 22.2 Å². The smallest absolute Gasteiger partial charge is 0.322 e. The zero-order valence-electron chi connectivity index (χ0n) is 10.5. The highest BCUT2D eigenvalue weighted by atomic mass is 16.5. The molecule has 6 heteroatoms. The molecule has 0 saturated heterocycles. The maximum atomic E-state index is 9.07. The summed E-state index contributed by atoms with van der Waals surface area (Å²) in [5, 5.41) is 9.07. The van der Waals surface area contributed by atoms with Gasteiger partial charge in [-0.1, -0.05) is 6.07 Å². The molecule has 0 saturated carbocycles. The largest absolute Gasteiger partial charge is 0.493 e. The van der Waals surface area contributed by atoms with Gasteiger partial charge >= 0.3 is 6.01 Å². The first-order chi connectivity index (χ1) is 9.26. The van der Waals surface area contributed by atoms with Gasteiger partial charge in [0.1, 0.15) is 0 Å². The van der Waals surface area contributed by atoms with E-state index in [0.29, 0.717) is 23.7 Å². The minimum atomic E-state index is -0.0597. The maximum Gasteiger partial charge on any atom is 0.322 e. The van der Waals surface area contributed by atoms with Gasteiger partial charge in [0, 0.05) is 12.7 Å². The lowest BCUT2D eigenvalue weighted by Gasteiger charge is -2.10. The molecule has 0 spiro atoms. The lowest BCUT2D eigenvalue weighted by atomic mass is 10.2. The summed E-state index contributed by atoms with van der Waals surface area (Å²) in [5.74, 6) is 0.988. The summed E-state index contributed by atoms with van der Waals surface area (Å²) in [6.45, 7) is 0.259. The highest BCUT2D eigenvalue weighted by Crippen LogP contribution is 2.30. The van der Waals surface area contributed by atoms with Crippen molar-refractivity contribution in [3.05, 3.63) is 41.7 Å². The van der Waals surface area contributed by atoms with E-state index in [4.69, 9.17) is 20.3 Å². The molecule has 0 fully saturated rings. The highest BCUT2D eigenvalue weighted by molar-refractivity contribution is 5.44. The molecule has 2 aromatic rings. The molecular weight excluding hydrogens is 246 g/mol. The molecule has 0 aliphatic rings. The van der Waals surface area contributed by atoms with E-state index in [1.165, 1.54) is 7.11 Å². The van der Waals surface area contributed by atoms with E-state index in [-0.39, 0.29) is 12.6 Å². The van der Waals surface area contributed by atoms with Gasteiger partial charge in [-0.2, -0.15) is 4.98 Å². The van der Waals surface area contributed by atoms with Crippen molar-refractivity contribution >= 4 is 0 Å². The monoisotopic (exact) mass is 261 g/mol. The van der Waals surface area contributed by atoms with Crippen LogP contribution in [-0.2, 0) is 13.2 Å². The van der Waals surface area contributed by atoms with Crippen LogP contribution in [0.4, 0.5) is 0 Å². The molecule has 1 aromatic carbocycles. The summed E-state index contributed by atoms with van der Waals surface area (Å²) < 4.78 is 10.8. The summed E-state index contributed by atoms with van der Waals surface area (Å²) >= 11 is 0. The maximum absolute atomic E-state index is 9.07. The van der Waals surface area contributed by atoms with Gasteiger partial charge in [0.05, 0.1) is 19.4 Å². The van der Waals surface area contributed by atoms with Crippen molar-refractivity contribution in [3.63, 3.8) is 0 Å². The number of nitrogens with zero attached hydrogens (tertiary/aromatic N) is 2. The van der Waals surface area contributed by atoms with E-state index >= 15 is 0 Å². The van der Waals surface area contributed by atoms with E-state index in [2.05, 4.69) is 9.97 Å². The number of rotatable bonds is 5. The van der Waals surface area contributed by atoms with E-state index < -0.39 is 0 Å². The van der Waals surface area contributed by atoms with Gasteiger partial charge in [-0.15, -0.1) is 0 Å². The Labute approximate surface area is 110 Å². The fourth-order valence-electron chi connectivity index (χ4n) is 1.53. The standard InChI is InChI=1S/C13H15N3O3/c1-18-12-6-9(8-17)2-3-11(12)19-13-15-5-4-10(7-14)16-13/h2-6,17H,7-8,14H2,1H3. The third kappa shape index (κ3) is 3.18. The number of methoxy groups -OCH3 is 1. The van der Waals surface area contributed by atoms with E-state index in [9.17, 15) is 0 Å². The molecule has 0 aliphatic heterocycles. The summed E-state index contributed by atoms with van der Waals surface area (Å²) in [6.07, 6.45) is 1.58. The normalized spacial score (nSPS) is 10.3. The second-order valence-electron chi connectivity index (χ2n) is 3.78. The average molecular weight is 261 g/mol. The molecule has 1 heterocycles. The van der Waals surface area contributed by atoms with E-state index in [1.54, 1.807) is 30.5 Å². The number of benzene rings is 1. The van der Waals surface area contributed by atoms with Gasteiger partial charge < -0.3 is 20.3 Å².